The highest BCUT2D eigenvalue weighted by Crippen LogP contribution is 2.20. The predicted molar refractivity (Wildman–Crippen MR) is 46.1 cm³/mol. The van der Waals surface area contributed by atoms with E-state index in [9.17, 15) is 5.11 Å². The van der Waals surface area contributed by atoms with Gasteiger partial charge < -0.3 is 14.6 Å². The van der Waals surface area contributed by atoms with E-state index in [0.717, 1.165) is 13.0 Å². The molecule has 12 heavy (non-hydrogen) atoms. The van der Waals surface area contributed by atoms with Crippen molar-refractivity contribution in [3.05, 3.63) is 0 Å². The Balaban J connectivity index is 2.17. The van der Waals surface area contributed by atoms with Gasteiger partial charge in [0.2, 0.25) is 0 Å². The van der Waals surface area contributed by atoms with Crippen LogP contribution < -0.4 is 0 Å². The lowest BCUT2D eigenvalue weighted by Gasteiger charge is -2.31. The normalized spacial score (nSPS) is 22.5. The molecule has 1 N–H and O–H groups in total. The molecule has 0 atom stereocenters. The average molecular weight is 174 g/mol. The summed E-state index contributed by atoms with van der Waals surface area (Å²) in [6.45, 7) is 4.58. The average Bonchev–Trinajstić information content (AvgIpc) is 2.06. The maximum absolute atomic E-state index is 9.89. The van der Waals surface area contributed by atoms with Crippen molar-refractivity contribution in [2.24, 2.45) is 0 Å². The summed E-state index contributed by atoms with van der Waals surface area (Å²) in [4.78, 5) is 0. The molecule has 1 aliphatic heterocycles. The largest absolute Gasteiger partial charge is 0.387 e. The summed E-state index contributed by atoms with van der Waals surface area (Å²) in [5, 5.41) is 9.89. The molecule has 0 aromatic carbocycles. The van der Waals surface area contributed by atoms with Crippen LogP contribution in [-0.4, -0.2) is 37.1 Å². The second-order valence-electron chi connectivity index (χ2n) is 3.39. The quantitative estimate of drug-likeness (QED) is 0.645. The number of aliphatic hydroxyl groups is 1. The summed E-state index contributed by atoms with van der Waals surface area (Å²) in [6.07, 6.45) is 2.42. The standard InChI is InChI=1S/C9H18O3/c1-2-5-12-8-9(10)3-6-11-7-4-9/h10H,2-8H2,1H3. The van der Waals surface area contributed by atoms with Crippen LogP contribution in [0.3, 0.4) is 0 Å². The van der Waals surface area contributed by atoms with Gasteiger partial charge in [-0.2, -0.15) is 0 Å². The predicted octanol–water partition coefficient (Wildman–Crippen LogP) is 0.955. The van der Waals surface area contributed by atoms with E-state index in [1.807, 2.05) is 0 Å². The smallest absolute Gasteiger partial charge is 0.0923 e. The lowest BCUT2D eigenvalue weighted by Crippen LogP contribution is -2.40. The minimum Gasteiger partial charge on any atom is -0.387 e. The highest BCUT2D eigenvalue weighted by atomic mass is 16.5. The van der Waals surface area contributed by atoms with Crippen molar-refractivity contribution in [3.8, 4) is 0 Å². The molecule has 0 radical (unpaired) electrons. The topological polar surface area (TPSA) is 38.7 Å². The minimum atomic E-state index is -0.618. The lowest BCUT2D eigenvalue weighted by molar-refractivity contribution is -0.107. The van der Waals surface area contributed by atoms with Crippen LogP contribution in [0.4, 0.5) is 0 Å². The third-order valence-corrected chi connectivity index (χ3v) is 2.14. The van der Waals surface area contributed by atoms with Crippen molar-refractivity contribution in [2.45, 2.75) is 31.8 Å². The van der Waals surface area contributed by atoms with Crippen LogP contribution in [0.1, 0.15) is 26.2 Å². The zero-order valence-corrected chi connectivity index (χ0v) is 7.71. The van der Waals surface area contributed by atoms with Crippen molar-refractivity contribution in [2.75, 3.05) is 26.4 Å². The van der Waals surface area contributed by atoms with E-state index in [0.29, 0.717) is 32.7 Å². The van der Waals surface area contributed by atoms with Gasteiger partial charge in [0.25, 0.3) is 0 Å². The Kier molecular flexibility index (Phi) is 3.98. The molecule has 1 saturated heterocycles. The van der Waals surface area contributed by atoms with Crippen molar-refractivity contribution >= 4 is 0 Å². The van der Waals surface area contributed by atoms with Crippen LogP contribution in [0.2, 0.25) is 0 Å². The molecule has 0 aromatic rings. The molecule has 72 valence electrons. The number of hydrogen-bond donors (Lipinski definition) is 1. The van der Waals surface area contributed by atoms with Crippen LogP contribution in [-0.2, 0) is 9.47 Å². The monoisotopic (exact) mass is 174 g/mol. The molecule has 3 heteroatoms. The second kappa shape index (κ2) is 4.80. The van der Waals surface area contributed by atoms with Gasteiger partial charge in [0, 0.05) is 32.7 Å². The summed E-state index contributed by atoms with van der Waals surface area (Å²) in [5.74, 6) is 0. The maximum atomic E-state index is 9.89. The molecular formula is C9H18O3. The van der Waals surface area contributed by atoms with Gasteiger partial charge in [0.15, 0.2) is 0 Å². The summed E-state index contributed by atoms with van der Waals surface area (Å²) >= 11 is 0. The van der Waals surface area contributed by atoms with E-state index in [-0.39, 0.29) is 0 Å². The summed E-state index contributed by atoms with van der Waals surface area (Å²) < 4.78 is 10.5. The third-order valence-electron chi connectivity index (χ3n) is 2.14. The first-order valence-corrected chi connectivity index (χ1v) is 4.65. The van der Waals surface area contributed by atoms with Crippen molar-refractivity contribution in [3.63, 3.8) is 0 Å². The fourth-order valence-corrected chi connectivity index (χ4v) is 1.30. The highest BCUT2D eigenvalue weighted by Gasteiger charge is 2.29. The van der Waals surface area contributed by atoms with Gasteiger partial charge in [0.05, 0.1) is 12.2 Å². The SMILES string of the molecule is CCCOCC1(O)CCOCC1. The zero-order valence-electron chi connectivity index (χ0n) is 7.71. The van der Waals surface area contributed by atoms with Crippen molar-refractivity contribution < 1.29 is 14.6 Å². The number of rotatable bonds is 4. The number of ether oxygens (including phenoxy) is 2. The molecule has 1 aliphatic rings. The van der Waals surface area contributed by atoms with Gasteiger partial charge in [-0.15, -0.1) is 0 Å². The van der Waals surface area contributed by atoms with Crippen LogP contribution in [0.5, 0.6) is 0 Å². The first-order chi connectivity index (χ1) is 5.77. The Hall–Kier alpha value is -0.120. The van der Waals surface area contributed by atoms with Crippen molar-refractivity contribution in [1.82, 2.24) is 0 Å². The summed E-state index contributed by atoms with van der Waals surface area (Å²) in [7, 11) is 0. The van der Waals surface area contributed by atoms with Gasteiger partial charge in [-0.3, -0.25) is 0 Å². The van der Waals surface area contributed by atoms with E-state index in [2.05, 4.69) is 6.92 Å². The Bertz CT molecular complexity index is 119. The highest BCUT2D eigenvalue weighted by molar-refractivity contribution is 4.80. The van der Waals surface area contributed by atoms with Gasteiger partial charge in [-0.1, -0.05) is 6.92 Å². The second-order valence-corrected chi connectivity index (χ2v) is 3.39. The van der Waals surface area contributed by atoms with E-state index < -0.39 is 5.60 Å². The molecule has 1 heterocycles. The van der Waals surface area contributed by atoms with Crippen molar-refractivity contribution in [1.29, 1.82) is 0 Å². The summed E-state index contributed by atoms with van der Waals surface area (Å²) in [5.41, 5.74) is -0.618. The molecular weight excluding hydrogens is 156 g/mol. The first-order valence-electron chi connectivity index (χ1n) is 4.65. The number of hydrogen-bond acceptors (Lipinski definition) is 3. The maximum Gasteiger partial charge on any atom is 0.0923 e. The molecule has 0 saturated carbocycles. The fourth-order valence-electron chi connectivity index (χ4n) is 1.30. The Morgan fingerprint density at radius 3 is 2.67 bits per heavy atom. The summed E-state index contributed by atoms with van der Waals surface area (Å²) in [6, 6.07) is 0. The Morgan fingerprint density at radius 2 is 2.08 bits per heavy atom. The van der Waals surface area contributed by atoms with Gasteiger partial charge >= 0.3 is 0 Å². The molecule has 0 spiro atoms. The minimum absolute atomic E-state index is 0.462. The van der Waals surface area contributed by atoms with Crippen LogP contribution in [0.15, 0.2) is 0 Å². The Morgan fingerprint density at radius 1 is 1.42 bits per heavy atom. The van der Waals surface area contributed by atoms with E-state index in [1.54, 1.807) is 0 Å². The molecule has 0 bridgehead atoms. The first kappa shape index (κ1) is 9.96. The van der Waals surface area contributed by atoms with Crippen LogP contribution in [0.25, 0.3) is 0 Å². The molecule has 3 nitrogen and oxygen atoms in total. The van der Waals surface area contributed by atoms with E-state index in [4.69, 9.17) is 9.47 Å². The van der Waals surface area contributed by atoms with E-state index in [1.165, 1.54) is 0 Å². The fraction of sp³-hybridized carbons (Fsp3) is 1.00. The van der Waals surface area contributed by atoms with Gasteiger partial charge in [-0.05, 0) is 6.42 Å². The van der Waals surface area contributed by atoms with Crippen LogP contribution in [0, 0.1) is 0 Å². The van der Waals surface area contributed by atoms with E-state index >= 15 is 0 Å². The molecule has 0 amide bonds. The van der Waals surface area contributed by atoms with Gasteiger partial charge in [0.1, 0.15) is 0 Å². The van der Waals surface area contributed by atoms with Crippen LogP contribution >= 0.6 is 0 Å². The molecule has 0 aromatic heterocycles. The molecule has 1 rings (SSSR count). The molecule has 1 fully saturated rings. The zero-order chi connectivity index (χ0) is 8.86. The van der Waals surface area contributed by atoms with Gasteiger partial charge in [-0.25, -0.2) is 0 Å². The lowest BCUT2D eigenvalue weighted by atomic mass is 9.96. The molecule has 0 unspecified atom stereocenters. The third kappa shape index (κ3) is 3.09. The molecule has 0 aliphatic carbocycles. The Labute approximate surface area is 73.7 Å².